The Bertz CT molecular complexity index is 503. The summed E-state index contributed by atoms with van der Waals surface area (Å²) in [6.07, 6.45) is 5.67. The van der Waals surface area contributed by atoms with Gasteiger partial charge in [0.25, 0.3) is 0 Å². The summed E-state index contributed by atoms with van der Waals surface area (Å²) in [6.45, 7) is 9.76. The zero-order valence-electron chi connectivity index (χ0n) is 12.6. The van der Waals surface area contributed by atoms with Crippen molar-refractivity contribution in [1.29, 1.82) is 0 Å². The number of carbonyl (C=O) groups excluding carboxylic acids is 1. The molecule has 1 aromatic heterocycles. The molecule has 2 rings (SSSR count). The number of amides is 1. The van der Waals surface area contributed by atoms with E-state index in [-0.39, 0.29) is 17.8 Å². The molecule has 8 heteroatoms. The van der Waals surface area contributed by atoms with Crippen molar-refractivity contribution in [3.05, 3.63) is 25.3 Å². The highest BCUT2D eigenvalue weighted by atomic mass is 32.2. The van der Waals surface area contributed by atoms with Gasteiger partial charge in [0.15, 0.2) is 0 Å². The number of ether oxygens (including phenoxy) is 1. The Morgan fingerprint density at radius 2 is 2.23 bits per heavy atom. The van der Waals surface area contributed by atoms with E-state index in [0.29, 0.717) is 24.8 Å². The normalized spacial score (nSPS) is 17.4. The van der Waals surface area contributed by atoms with Gasteiger partial charge >= 0.3 is 0 Å². The van der Waals surface area contributed by atoms with Crippen molar-refractivity contribution in [2.45, 2.75) is 30.6 Å². The van der Waals surface area contributed by atoms with Crippen molar-refractivity contribution in [2.24, 2.45) is 0 Å². The first kappa shape index (κ1) is 16.7. The number of rotatable bonds is 9. The molecule has 7 nitrogen and oxygen atoms in total. The van der Waals surface area contributed by atoms with Crippen LogP contribution in [0.2, 0.25) is 0 Å². The van der Waals surface area contributed by atoms with E-state index in [2.05, 4.69) is 28.7 Å². The van der Waals surface area contributed by atoms with Crippen LogP contribution < -0.4 is 0 Å². The Morgan fingerprint density at radius 1 is 1.45 bits per heavy atom. The number of thioether (sulfide) groups is 1. The Morgan fingerprint density at radius 3 is 2.86 bits per heavy atom. The summed E-state index contributed by atoms with van der Waals surface area (Å²) >= 11 is 1.34. The molecule has 1 atom stereocenters. The van der Waals surface area contributed by atoms with Gasteiger partial charge in [-0.25, -0.2) is 4.68 Å². The monoisotopic (exact) mass is 323 g/mol. The molecule has 1 aliphatic rings. The van der Waals surface area contributed by atoms with E-state index in [1.807, 2.05) is 0 Å². The minimum absolute atomic E-state index is 0.0106. The van der Waals surface area contributed by atoms with Crippen molar-refractivity contribution < 1.29 is 9.53 Å². The lowest BCUT2D eigenvalue weighted by Gasteiger charge is -2.18. The summed E-state index contributed by atoms with van der Waals surface area (Å²) in [6, 6.07) is 0. The molecule has 22 heavy (non-hydrogen) atoms. The number of hydrogen-bond donors (Lipinski definition) is 0. The van der Waals surface area contributed by atoms with Gasteiger partial charge < -0.3 is 9.64 Å². The minimum atomic E-state index is 0.0106. The second kappa shape index (κ2) is 8.70. The van der Waals surface area contributed by atoms with Crippen molar-refractivity contribution in [2.75, 3.05) is 25.4 Å². The number of tetrazole rings is 1. The van der Waals surface area contributed by atoms with Crippen molar-refractivity contribution in [3.63, 3.8) is 0 Å². The fraction of sp³-hybridized carbons (Fsp3) is 0.571. The van der Waals surface area contributed by atoms with E-state index in [1.54, 1.807) is 21.7 Å². The third-order valence-corrected chi connectivity index (χ3v) is 4.22. The van der Waals surface area contributed by atoms with Gasteiger partial charge in [-0.15, -0.1) is 18.3 Å². The third kappa shape index (κ3) is 4.67. The molecule has 0 spiro atoms. The van der Waals surface area contributed by atoms with Crippen LogP contribution in [0.3, 0.4) is 0 Å². The smallest absolute Gasteiger partial charge is 0.233 e. The van der Waals surface area contributed by atoms with Gasteiger partial charge in [0.1, 0.15) is 0 Å². The van der Waals surface area contributed by atoms with E-state index in [4.69, 9.17) is 4.74 Å². The van der Waals surface area contributed by atoms with Gasteiger partial charge in [0, 0.05) is 19.7 Å². The molecule has 0 saturated carbocycles. The first-order valence-electron chi connectivity index (χ1n) is 7.24. The molecule has 120 valence electrons. The molecule has 1 aliphatic heterocycles. The molecule has 0 aromatic carbocycles. The van der Waals surface area contributed by atoms with E-state index < -0.39 is 0 Å². The molecule has 1 saturated heterocycles. The number of hydrogen-bond acceptors (Lipinski definition) is 6. The van der Waals surface area contributed by atoms with Crippen LogP contribution in [0.1, 0.15) is 12.8 Å². The Balaban J connectivity index is 1.87. The van der Waals surface area contributed by atoms with Gasteiger partial charge in [-0.3, -0.25) is 4.79 Å². The molecule has 1 aromatic rings. The van der Waals surface area contributed by atoms with Gasteiger partial charge in [-0.05, 0) is 23.3 Å². The fourth-order valence-electron chi connectivity index (χ4n) is 2.20. The van der Waals surface area contributed by atoms with Crippen LogP contribution in [0.4, 0.5) is 0 Å². The maximum atomic E-state index is 12.2. The van der Waals surface area contributed by atoms with Gasteiger partial charge in [-0.2, -0.15) is 0 Å². The first-order chi connectivity index (χ1) is 10.7. The Labute approximate surface area is 134 Å². The minimum Gasteiger partial charge on any atom is -0.376 e. The zero-order chi connectivity index (χ0) is 15.8. The second-order valence-electron chi connectivity index (χ2n) is 4.94. The van der Waals surface area contributed by atoms with Gasteiger partial charge in [0.2, 0.25) is 11.1 Å². The standard InChI is InChI=1S/C14H21N5O2S/c1-3-7-18(8-4-2)13(20)11-22-14-15-16-17-19(14)10-12-6-5-9-21-12/h3-4,12H,1-2,5-11H2. The highest BCUT2D eigenvalue weighted by molar-refractivity contribution is 7.99. The van der Waals surface area contributed by atoms with Crippen molar-refractivity contribution in [3.8, 4) is 0 Å². The Kier molecular flexibility index (Phi) is 6.60. The second-order valence-corrected chi connectivity index (χ2v) is 5.89. The number of carbonyl (C=O) groups is 1. The van der Waals surface area contributed by atoms with Gasteiger partial charge in [-0.1, -0.05) is 23.9 Å². The average Bonchev–Trinajstić information content (AvgIpc) is 3.17. The maximum Gasteiger partial charge on any atom is 0.233 e. The summed E-state index contributed by atoms with van der Waals surface area (Å²) in [5.74, 6) is 0.296. The quantitative estimate of drug-likeness (QED) is 0.501. The van der Waals surface area contributed by atoms with Crippen LogP contribution in [0.25, 0.3) is 0 Å². The number of aromatic nitrogens is 4. The SMILES string of the molecule is C=CCN(CC=C)C(=O)CSc1nnnn1CC1CCCO1. The molecule has 0 bridgehead atoms. The van der Waals surface area contributed by atoms with E-state index in [0.717, 1.165) is 19.4 Å². The molecule has 0 radical (unpaired) electrons. The number of nitrogens with zero attached hydrogens (tertiary/aromatic N) is 5. The third-order valence-electron chi connectivity index (χ3n) is 3.28. The lowest BCUT2D eigenvalue weighted by Crippen LogP contribution is -2.32. The lowest BCUT2D eigenvalue weighted by atomic mass is 10.2. The highest BCUT2D eigenvalue weighted by Crippen LogP contribution is 2.18. The molecular weight excluding hydrogens is 302 g/mol. The van der Waals surface area contributed by atoms with Crippen LogP contribution in [0.5, 0.6) is 0 Å². The maximum absolute atomic E-state index is 12.2. The van der Waals surface area contributed by atoms with E-state index >= 15 is 0 Å². The highest BCUT2D eigenvalue weighted by Gasteiger charge is 2.20. The molecule has 1 unspecified atom stereocenters. The summed E-state index contributed by atoms with van der Waals surface area (Å²) in [4.78, 5) is 13.9. The summed E-state index contributed by atoms with van der Waals surface area (Å²) < 4.78 is 7.29. The van der Waals surface area contributed by atoms with Crippen molar-refractivity contribution >= 4 is 17.7 Å². The first-order valence-corrected chi connectivity index (χ1v) is 8.23. The molecule has 0 aliphatic carbocycles. The predicted molar refractivity (Wildman–Crippen MR) is 84.5 cm³/mol. The predicted octanol–water partition coefficient (Wildman–Crippen LogP) is 1.14. The summed E-state index contributed by atoms with van der Waals surface area (Å²) in [5, 5.41) is 12.3. The van der Waals surface area contributed by atoms with Crippen molar-refractivity contribution in [1.82, 2.24) is 25.1 Å². The Hall–Kier alpha value is -1.67. The molecular formula is C14H21N5O2S. The fourth-order valence-corrected chi connectivity index (χ4v) is 2.99. The largest absolute Gasteiger partial charge is 0.376 e. The molecule has 1 amide bonds. The molecule has 0 N–H and O–H groups in total. The van der Waals surface area contributed by atoms with E-state index in [9.17, 15) is 4.79 Å². The van der Waals surface area contributed by atoms with Crippen LogP contribution in [0.15, 0.2) is 30.5 Å². The van der Waals surface area contributed by atoms with E-state index in [1.165, 1.54) is 11.8 Å². The van der Waals surface area contributed by atoms with Crippen LogP contribution in [-0.4, -0.2) is 62.6 Å². The lowest BCUT2D eigenvalue weighted by molar-refractivity contribution is -0.127. The van der Waals surface area contributed by atoms with Gasteiger partial charge in [0.05, 0.1) is 18.4 Å². The zero-order valence-corrected chi connectivity index (χ0v) is 13.4. The van der Waals surface area contributed by atoms with Crippen LogP contribution >= 0.6 is 11.8 Å². The summed E-state index contributed by atoms with van der Waals surface area (Å²) in [5.41, 5.74) is 0. The summed E-state index contributed by atoms with van der Waals surface area (Å²) in [7, 11) is 0. The molecule has 2 heterocycles. The van der Waals surface area contributed by atoms with Crippen LogP contribution in [0, 0.1) is 0 Å². The average molecular weight is 323 g/mol. The van der Waals surface area contributed by atoms with Crippen LogP contribution in [-0.2, 0) is 16.1 Å². The topological polar surface area (TPSA) is 73.1 Å². The molecule has 1 fully saturated rings.